The van der Waals surface area contributed by atoms with Crippen LogP contribution in [0.1, 0.15) is 15.9 Å². The van der Waals surface area contributed by atoms with Gasteiger partial charge in [0, 0.05) is 20.4 Å². The van der Waals surface area contributed by atoms with Crippen LogP contribution in [0.4, 0.5) is 5.69 Å². The SMILES string of the molecule is Cc1cc(Br)c2[nH]c(O)c(N=NC(=O)c3ccc(Cl)cc3)c2c1. The van der Waals surface area contributed by atoms with E-state index in [1.807, 2.05) is 19.1 Å². The van der Waals surface area contributed by atoms with Gasteiger partial charge in [0.2, 0.25) is 5.88 Å². The molecule has 2 aromatic carbocycles. The van der Waals surface area contributed by atoms with Gasteiger partial charge in [0.1, 0.15) is 0 Å². The number of halogens is 2. The fraction of sp³-hybridized carbons (Fsp3) is 0.0625. The van der Waals surface area contributed by atoms with Crippen molar-refractivity contribution in [1.29, 1.82) is 0 Å². The van der Waals surface area contributed by atoms with Crippen LogP contribution in [-0.2, 0) is 0 Å². The molecule has 23 heavy (non-hydrogen) atoms. The van der Waals surface area contributed by atoms with Gasteiger partial charge in [0.05, 0.1) is 5.52 Å². The fourth-order valence-electron chi connectivity index (χ4n) is 2.21. The largest absolute Gasteiger partial charge is 0.493 e. The molecule has 0 aliphatic rings. The average molecular weight is 393 g/mol. The molecule has 1 aromatic heterocycles. The Balaban J connectivity index is 1.99. The highest BCUT2D eigenvalue weighted by Gasteiger charge is 2.14. The summed E-state index contributed by atoms with van der Waals surface area (Å²) in [6.07, 6.45) is 0. The second-order valence-corrected chi connectivity index (χ2v) is 6.29. The first-order valence-corrected chi connectivity index (χ1v) is 7.85. The van der Waals surface area contributed by atoms with Crippen molar-refractivity contribution in [3.05, 3.63) is 57.0 Å². The van der Waals surface area contributed by atoms with Gasteiger partial charge in [-0.2, -0.15) is 0 Å². The number of rotatable bonds is 2. The average Bonchev–Trinajstić information content (AvgIpc) is 2.82. The summed E-state index contributed by atoms with van der Waals surface area (Å²) in [4.78, 5) is 14.8. The molecular formula is C16H11BrClN3O2. The van der Waals surface area contributed by atoms with Crippen molar-refractivity contribution in [2.24, 2.45) is 10.2 Å². The van der Waals surface area contributed by atoms with Crippen molar-refractivity contribution in [2.45, 2.75) is 6.92 Å². The van der Waals surface area contributed by atoms with Gasteiger partial charge in [-0.25, -0.2) is 0 Å². The molecule has 0 fully saturated rings. The lowest BCUT2D eigenvalue weighted by molar-refractivity contribution is 0.0995. The van der Waals surface area contributed by atoms with Crippen LogP contribution in [0.5, 0.6) is 5.88 Å². The Morgan fingerprint density at radius 2 is 1.96 bits per heavy atom. The molecule has 3 rings (SSSR count). The van der Waals surface area contributed by atoms with E-state index in [2.05, 4.69) is 31.1 Å². The van der Waals surface area contributed by atoms with Gasteiger partial charge >= 0.3 is 0 Å². The zero-order valence-electron chi connectivity index (χ0n) is 12.0. The number of aromatic nitrogens is 1. The van der Waals surface area contributed by atoms with Crippen molar-refractivity contribution in [3.8, 4) is 5.88 Å². The van der Waals surface area contributed by atoms with Crippen molar-refractivity contribution in [3.63, 3.8) is 0 Å². The number of benzene rings is 2. The molecule has 7 heteroatoms. The molecule has 2 N–H and O–H groups in total. The van der Waals surface area contributed by atoms with Gasteiger partial charge in [0.25, 0.3) is 5.91 Å². The molecule has 3 aromatic rings. The van der Waals surface area contributed by atoms with Crippen molar-refractivity contribution in [2.75, 3.05) is 0 Å². The molecule has 1 amide bonds. The van der Waals surface area contributed by atoms with E-state index in [0.717, 1.165) is 10.0 Å². The van der Waals surface area contributed by atoms with Crippen LogP contribution in [0.15, 0.2) is 51.1 Å². The predicted octanol–water partition coefficient (Wildman–Crippen LogP) is 5.52. The van der Waals surface area contributed by atoms with E-state index in [1.54, 1.807) is 24.3 Å². The highest BCUT2D eigenvalue weighted by Crippen LogP contribution is 2.39. The summed E-state index contributed by atoms with van der Waals surface area (Å²) in [7, 11) is 0. The van der Waals surface area contributed by atoms with E-state index < -0.39 is 5.91 Å². The van der Waals surface area contributed by atoms with Crippen molar-refractivity contribution < 1.29 is 9.90 Å². The summed E-state index contributed by atoms with van der Waals surface area (Å²) in [5.74, 6) is -0.652. The number of carbonyl (C=O) groups is 1. The second-order valence-electron chi connectivity index (χ2n) is 5.00. The first-order chi connectivity index (χ1) is 11.0. The van der Waals surface area contributed by atoms with Crippen LogP contribution >= 0.6 is 27.5 Å². The monoisotopic (exact) mass is 391 g/mol. The van der Waals surface area contributed by atoms with Crippen LogP contribution in [-0.4, -0.2) is 16.0 Å². The highest BCUT2D eigenvalue weighted by atomic mass is 79.9. The fourth-order valence-corrected chi connectivity index (χ4v) is 3.01. The number of azo groups is 1. The Kier molecular flexibility index (Phi) is 4.19. The first-order valence-electron chi connectivity index (χ1n) is 6.68. The van der Waals surface area contributed by atoms with Crippen LogP contribution in [0.3, 0.4) is 0 Å². The number of nitrogens with one attached hydrogen (secondary N) is 1. The molecule has 0 saturated heterocycles. The number of aryl methyl sites for hydroxylation is 1. The third-order valence-electron chi connectivity index (χ3n) is 3.29. The van der Waals surface area contributed by atoms with Crippen LogP contribution < -0.4 is 0 Å². The Morgan fingerprint density at radius 3 is 2.65 bits per heavy atom. The molecule has 1 heterocycles. The lowest BCUT2D eigenvalue weighted by Gasteiger charge is -1.98. The number of nitrogens with zero attached hydrogens (tertiary/aromatic N) is 2. The number of hydrogen-bond donors (Lipinski definition) is 2. The number of amides is 1. The van der Waals surface area contributed by atoms with Crippen molar-refractivity contribution >= 4 is 50.0 Å². The van der Waals surface area contributed by atoms with Crippen LogP contribution in [0.25, 0.3) is 10.9 Å². The number of carbonyl (C=O) groups excluding carboxylic acids is 1. The topological polar surface area (TPSA) is 77.8 Å². The molecule has 0 bridgehead atoms. The summed E-state index contributed by atoms with van der Waals surface area (Å²) < 4.78 is 0.799. The normalized spacial score (nSPS) is 11.4. The lowest BCUT2D eigenvalue weighted by atomic mass is 10.1. The first kappa shape index (κ1) is 15.7. The zero-order valence-corrected chi connectivity index (χ0v) is 14.3. The minimum Gasteiger partial charge on any atom is -0.493 e. The molecule has 0 unspecified atom stereocenters. The van der Waals surface area contributed by atoms with Gasteiger partial charge in [-0.05, 0) is 64.8 Å². The summed E-state index contributed by atoms with van der Waals surface area (Å²) in [6, 6.07) is 10.1. The van der Waals surface area contributed by atoms with E-state index >= 15 is 0 Å². The summed E-state index contributed by atoms with van der Waals surface area (Å²) in [6.45, 7) is 1.92. The summed E-state index contributed by atoms with van der Waals surface area (Å²) >= 11 is 9.21. The number of H-pyrrole nitrogens is 1. The lowest BCUT2D eigenvalue weighted by Crippen LogP contribution is -1.92. The van der Waals surface area contributed by atoms with Gasteiger partial charge < -0.3 is 10.1 Å². The molecule has 0 saturated carbocycles. The van der Waals surface area contributed by atoms with E-state index in [4.69, 9.17) is 11.6 Å². The molecule has 0 spiro atoms. The Labute approximate surface area is 145 Å². The third kappa shape index (κ3) is 3.13. The van der Waals surface area contributed by atoms with Crippen LogP contribution in [0.2, 0.25) is 5.02 Å². The maximum Gasteiger partial charge on any atom is 0.295 e. The second kappa shape index (κ2) is 6.14. The van der Waals surface area contributed by atoms with Gasteiger partial charge in [-0.1, -0.05) is 11.6 Å². The van der Waals surface area contributed by atoms with Crippen LogP contribution in [0, 0.1) is 6.92 Å². The maximum absolute atomic E-state index is 12.0. The number of hydrogen-bond acceptors (Lipinski definition) is 3. The number of fused-ring (bicyclic) bond motifs is 1. The molecule has 5 nitrogen and oxygen atoms in total. The van der Waals surface area contributed by atoms with E-state index in [1.165, 1.54) is 0 Å². The van der Waals surface area contributed by atoms with E-state index in [-0.39, 0.29) is 11.6 Å². The zero-order chi connectivity index (χ0) is 16.6. The standard InChI is InChI=1S/C16H11BrClN3O2/c1-8-6-11-13(12(17)7-8)19-16(23)14(11)20-21-15(22)9-2-4-10(18)5-3-9/h2-7,19,23H,1H3. The predicted molar refractivity (Wildman–Crippen MR) is 92.7 cm³/mol. The smallest absolute Gasteiger partial charge is 0.295 e. The Hall–Kier alpha value is -2.18. The minimum atomic E-state index is -0.512. The Morgan fingerprint density at radius 1 is 1.26 bits per heavy atom. The van der Waals surface area contributed by atoms with E-state index in [0.29, 0.717) is 21.5 Å². The third-order valence-corrected chi connectivity index (χ3v) is 4.17. The van der Waals surface area contributed by atoms with Gasteiger partial charge in [-0.15, -0.1) is 10.2 Å². The summed E-state index contributed by atoms with van der Waals surface area (Å²) in [5.41, 5.74) is 2.28. The number of aromatic amines is 1. The van der Waals surface area contributed by atoms with Crippen molar-refractivity contribution in [1.82, 2.24) is 4.98 Å². The quantitative estimate of drug-likeness (QED) is 0.563. The van der Waals surface area contributed by atoms with Gasteiger partial charge in [0.15, 0.2) is 5.69 Å². The minimum absolute atomic E-state index is 0.140. The molecule has 0 radical (unpaired) electrons. The summed E-state index contributed by atoms with van der Waals surface area (Å²) in [5, 5.41) is 18.8. The van der Waals surface area contributed by atoms with Gasteiger partial charge in [-0.3, -0.25) is 4.79 Å². The Bertz CT molecular complexity index is 933. The molecule has 116 valence electrons. The molecule has 0 atom stereocenters. The highest BCUT2D eigenvalue weighted by molar-refractivity contribution is 9.10. The van der Waals surface area contributed by atoms with E-state index in [9.17, 15) is 9.90 Å². The maximum atomic E-state index is 12.0. The molecule has 0 aliphatic heterocycles. The molecule has 0 aliphatic carbocycles. The number of aromatic hydroxyl groups is 1. The molecular weight excluding hydrogens is 382 g/mol.